The average Bonchev–Trinajstić information content (AvgIpc) is 2.51. The fraction of sp³-hybridized carbons (Fsp3) is 0.176. The maximum atomic E-state index is 13.4. The zero-order valence-electron chi connectivity index (χ0n) is 12.1. The molecule has 0 aliphatic heterocycles. The number of amides is 1. The van der Waals surface area contributed by atoms with E-state index >= 15 is 0 Å². The second-order valence-corrected chi connectivity index (χ2v) is 4.82. The van der Waals surface area contributed by atoms with Crippen LogP contribution >= 0.6 is 0 Å². The van der Waals surface area contributed by atoms with Crippen LogP contribution in [-0.2, 0) is 16.1 Å². The lowest BCUT2D eigenvalue weighted by Gasteiger charge is -2.07. The number of ether oxygens (including phenoxy) is 1. The van der Waals surface area contributed by atoms with Crippen molar-refractivity contribution in [2.75, 3.05) is 6.61 Å². The highest BCUT2D eigenvalue weighted by atomic mass is 19.1. The molecule has 1 N–H and O–H groups in total. The van der Waals surface area contributed by atoms with Crippen molar-refractivity contribution in [3.05, 3.63) is 71.0 Å². The van der Waals surface area contributed by atoms with E-state index in [-0.39, 0.29) is 5.56 Å². The fourth-order valence-corrected chi connectivity index (χ4v) is 1.91. The summed E-state index contributed by atoms with van der Waals surface area (Å²) < 4.78 is 18.2. The van der Waals surface area contributed by atoms with Gasteiger partial charge >= 0.3 is 5.97 Å². The number of carbonyl (C=O) groups is 2. The first-order valence-corrected chi connectivity index (χ1v) is 6.80. The van der Waals surface area contributed by atoms with Gasteiger partial charge in [0, 0.05) is 6.54 Å². The number of benzene rings is 2. The number of hydrogen-bond donors (Lipinski definition) is 1. The maximum Gasteiger partial charge on any atom is 0.341 e. The number of nitrogens with one attached hydrogen (secondary N) is 1. The van der Waals surface area contributed by atoms with Crippen LogP contribution < -0.4 is 5.32 Å². The second-order valence-electron chi connectivity index (χ2n) is 4.82. The molecule has 0 bridgehead atoms. The molecule has 0 aromatic heterocycles. The van der Waals surface area contributed by atoms with Crippen molar-refractivity contribution in [3.63, 3.8) is 0 Å². The van der Waals surface area contributed by atoms with E-state index in [0.717, 1.165) is 17.2 Å². The molecule has 0 saturated carbocycles. The van der Waals surface area contributed by atoms with Gasteiger partial charge in [0.1, 0.15) is 5.82 Å². The molecule has 0 fully saturated rings. The molecule has 0 unspecified atom stereocenters. The minimum Gasteiger partial charge on any atom is -0.452 e. The summed E-state index contributed by atoms with van der Waals surface area (Å²) in [4.78, 5) is 23.3. The number of esters is 1. The minimum absolute atomic E-state index is 0.186. The molecule has 0 aliphatic carbocycles. The van der Waals surface area contributed by atoms with E-state index in [1.165, 1.54) is 18.2 Å². The van der Waals surface area contributed by atoms with Crippen LogP contribution in [0.4, 0.5) is 4.39 Å². The summed E-state index contributed by atoms with van der Waals surface area (Å²) in [5, 5.41) is 2.64. The quantitative estimate of drug-likeness (QED) is 0.864. The van der Waals surface area contributed by atoms with Crippen molar-refractivity contribution >= 4 is 11.9 Å². The second kappa shape index (κ2) is 7.36. The first-order valence-electron chi connectivity index (χ1n) is 6.80. The van der Waals surface area contributed by atoms with Crippen LogP contribution in [0.25, 0.3) is 0 Å². The molecular formula is C17H16FNO3. The molecule has 2 rings (SSSR count). The number of aryl methyl sites for hydroxylation is 1. The van der Waals surface area contributed by atoms with Gasteiger partial charge in [-0.25, -0.2) is 9.18 Å². The monoisotopic (exact) mass is 301 g/mol. The van der Waals surface area contributed by atoms with E-state index in [1.54, 1.807) is 0 Å². The highest BCUT2D eigenvalue weighted by Gasteiger charge is 2.13. The third kappa shape index (κ3) is 4.41. The molecule has 4 nitrogen and oxygen atoms in total. The Morgan fingerprint density at radius 1 is 1.14 bits per heavy atom. The summed E-state index contributed by atoms with van der Waals surface area (Å²) in [5.41, 5.74) is 1.86. The van der Waals surface area contributed by atoms with Crippen molar-refractivity contribution in [1.82, 2.24) is 5.32 Å². The highest BCUT2D eigenvalue weighted by molar-refractivity contribution is 5.91. The Labute approximate surface area is 127 Å². The Kier molecular flexibility index (Phi) is 5.25. The van der Waals surface area contributed by atoms with Crippen molar-refractivity contribution in [2.24, 2.45) is 0 Å². The maximum absolute atomic E-state index is 13.4. The molecule has 0 saturated heterocycles. The fourth-order valence-electron chi connectivity index (χ4n) is 1.91. The Morgan fingerprint density at radius 2 is 1.91 bits per heavy atom. The lowest BCUT2D eigenvalue weighted by molar-refractivity contribution is -0.124. The molecule has 1 amide bonds. The van der Waals surface area contributed by atoms with E-state index in [0.29, 0.717) is 6.54 Å². The molecule has 0 heterocycles. The van der Waals surface area contributed by atoms with Crippen LogP contribution in [0.5, 0.6) is 0 Å². The normalized spacial score (nSPS) is 10.1. The van der Waals surface area contributed by atoms with Gasteiger partial charge in [-0.1, -0.05) is 42.0 Å². The van der Waals surface area contributed by atoms with E-state index in [2.05, 4.69) is 5.32 Å². The van der Waals surface area contributed by atoms with Gasteiger partial charge in [0.25, 0.3) is 5.91 Å². The number of halogens is 1. The van der Waals surface area contributed by atoms with Crippen molar-refractivity contribution in [1.29, 1.82) is 0 Å². The summed E-state index contributed by atoms with van der Waals surface area (Å²) in [6.45, 7) is 1.86. The zero-order chi connectivity index (χ0) is 15.9. The van der Waals surface area contributed by atoms with Crippen LogP contribution in [0.2, 0.25) is 0 Å². The van der Waals surface area contributed by atoms with Gasteiger partial charge in [-0.05, 0) is 24.6 Å². The molecule has 22 heavy (non-hydrogen) atoms. The molecule has 5 heteroatoms. The van der Waals surface area contributed by atoms with Crippen LogP contribution in [0.15, 0.2) is 48.5 Å². The predicted octanol–water partition coefficient (Wildman–Crippen LogP) is 2.61. The lowest BCUT2D eigenvalue weighted by atomic mass is 10.1. The average molecular weight is 301 g/mol. The number of hydrogen-bond acceptors (Lipinski definition) is 3. The summed E-state index contributed by atoms with van der Waals surface area (Å²) in [6.07, 6.45) is 0. The van der Waals surface area contributed by atoms with Gasteiger partial charge in [-0.2, -0.15) is 0 Å². The lowest BCUT2D eigenvalue weighted by Crippen LogP contribution is -2.28. The van der Waals surface area contributed by atoms with Crippen LogP contribution in [0.1, 0.15) is 21.5 Å². The largest absolute Gasteiger partial charge is 0.452 e. The molecule has 0 spiro atoms. The molecule has 0 radical (unpaired) electrons. The van der Waals surface area contributed by atoms with Gasteiger partial charge in [0.15, 0.2) is 6.61 Å². The Morgan fingerprint density at radius 3 is 2.64 bits per heavy atom. The first kappa shape index (κ1) is 15.7. The standard InChI is InChI=1S/C17H16FNO3/c1-12-5-4-6-13(9-12)10-19-16(20)11-22-17(21)14-7-2-3-8-15(14)18/h2-9H,10-11H2,1H3,(H,19,20). The van der Waals surface area contributed by atoms with Gasteiger partial charge in [-0.3, -0.25) is 4.79 Å². The molecule has 2 aromatic carbocycles. The minimum atomic E-state index is -0.858. The summed E-state index contributed by atoms with van der Waals surface area (Å²) in [6, 6.07) is 13.2. The summed E-state index contributed by atoms with van der Waals surface area (Å²) in [7, 11) is 0. The predicted molar refractivity (Wildman–Crippen MR) is 79.7 cm³/mol. The molecular weight excluding hydrogens is 285 g/mol. The first-order chi connectivity index (χ1) is 10.6. The number of rotatable bonds is 5. The Bertz CT molecular complexity index is 685. The van der Waals surface area contributed by atoms with Crippen molar-refractivity contribution in [3.8, 4) is 0 Å². The highest BCUT2D eigenvalue weighted by Crippen LogP contribution is 2.08. The molecule has 0 aliphatic rings. The van der Waals surface area contributed by atoms with E-state index in [4.69, 9.17) is 4.74 Å². The molecule has 0 atom stereocenters. The van der Waals surface area contributed by atoms with Gasteiger partial charge in [-0.15, -0.1) is 0 Å². The van der Waals surface area contributed by atoms with E-state index in [1.807, 2.05) is 31.2 Å². The van der Waals surface area contributed by atoms with E-state index in [9.17, 15) is 14.0 Å². The van der Waals surface area contributed by atoms with Gasteiger partial charge < -0.3 is 10.1 Å². The SMILES string of the molecule is Cc1cccc(CNC(=O)COC(=O)c2ccccc2F)c1. The smallest absolute Gasteiger partial charge is 0.341 e. The van der Waals surface area contributed by atoms with Gasteiger partial charge in [0.05, 0.1) is 5.56 Å². The summed E-state index contributed by atoms with van der Waals surface area (Å²) >= 11 is 0. The zero-order valence-corrected chi connectivity index (χ0v) is 12.1. The summed E-state index contributed by atoms with van der Waals surface area (Å²) in [5.74, 6) is -1.97. The van der Waals surface area contributed by atoms with Crippen LogP contribution in [0, 0.1) is 12.7 Å². The topological polar surface area (TPSA) is 55.4 Å². The Hall–Kier alpha value is -2.69. The Balaban J connectivity index is 1.81. The van der Waals surface area contributed by atoms with Gasteiger partial charge in [0.2, 0.25) is 0 Å². The third-order valence-corrected chi connectivity index (χ3v) is 3.00. The van der Waals surface area contributed by atoms with Crippen LogP contribution in [-0.4, -0.2) is 18.5 Å². The number of carbonyl (C=O) groups excluding carboxylic acids is 2. The third-order valence-electron chi connectivity index (χ3n) is 3.00. The van der Waals surface area contributed by atoms with Crippen LogP contribution in [0.3, 0.4) is 0 Å². The molecule has 114 valence electrons. The van der Waals surface area contributed by atoms with Crippen molar-refractivity contribution in [2.45, 2.75) is 13.5 Å². The van der Waals surface area contributed by atoms with Crippen molar-refractivity contribution < 1.29 is 18.7 Å². The van der Waals surface area contributed by atoms with E-state index < -0.39 is 24.3 Å². The molecule has 2 aromatic rings.